The van der Waals surface area contributed by atoms with Gasteiger partial charge in [-0.05, 0) is 51.0 Å². The molecule has 1 aliphatic carbocycles. The maximum atomic E-state index is 12.7. The van der Waals surface area contributed by atoms with Gasteiger partial charge in [-0.25, -0.2) is 0 Å². The van der Waals surface area contributed by atoms with Crippen molar-refractivity contribution in [3.05, 3.63) is 0 Å². The van der Waals surface area contributed by atoms with Gasteiger partial charge in [0.05, 0.1) is 12.1 Å². The van der Waals surface area contributed by atoms with Crippen LogP contribution in [0.2, 0.25) is 0 Å². The molecule has 0 aromatic heterocycles. The van der Waals surface area contributed by atoms with E-state index in [0.717, 1.165) is 45.0 Å². The summed E-state index contributed by atoms with van der Waals surface area (Å²) in [7, 11) is 0. The van der Waals surface area contributed by atoms with E-state index in [2.05, 4.69) is 5.32 Å². The summed E-state index contributed by atoms with van der Waals surface area (Å²) in [5.41, 5.74) is 0. The van der Waals surface area contributed by atoms with E-state index in [9.17, 15) is 4.79 Å². The second-order valence-electron chi connectivity index (χ2n) is 6.24. The van der Waals surface area contributed by atoms with Crippen LogP contribution in [0.3, 0.4) is 0 Å². The first-order valence-corrected chi connectivity index (χ1v) is 7.93. The molecule has 1 saturated carbocycles. The minimum atomic E-state index is 0.0906. The van der Waals surface area contributed by atoms with Gasteiger partial charge in [-0.3, -0.25) is 4.79 Å². The summed E-state index contributed by atoms with van der Waals surface area (Å²) < 4.78 is 5.70. The molecule has 2 saturated heterocycles. The number of hydrogen-bond donors (Lipinski definition) is 1. The number of likely N-dealkylation sites (tertiary alicyclic amines) is 1. The van der Waals surface area contributed by atoms with Gasteiger partial charge in [0.25, 0.3) is 0 Å². The number of rotatable bonds is 3. The van der Waals surface area contributed by atoms with Gasteiger partial charge in [-0.1, -0.05) is 6.42 Å². The van der Waals surface area contributed by atoms with E-state index < -0.39 is 0 Å². The van der Waals surface area contributed by atoms with Crippen molar-refractivity contribution in [2.75, 3.05) is 26.2 Å². The lowest BCUT2D eigenvalue weighted by Gasteiger charge is -2.35. The van der Waals surface area contributed by atoms with Gasteiger partial charge in [-0.2, -0.15) is 0 Å². The molecular formula is C15H26N2O2. The Bertz CT molecular complexity index is 332. The van der Waals surface area contributed by atoms with Gasteiger partial charge in [-0.15, -0.1) is 0 Å². The molecule has 0 bridgehead atoms. The molecule has 1 amide bonds. The largest absolute Gasteiger partial charge is 0.377 e. The number of fused-ring (bicyclic) bond motifs is 1. The average molecular weight is 266 g/mol. The standard InChI is InChI=1S/C15H26N2O2/c1-2-19-12-6-4-8-17(10-12)15(18)14-13-7-3-5-11(13)9-16-14/h11-14,16H,2-10H2,1H3. The third-order valence-electron chi connectivity index (χ3n) is 5.10. The minimum Gasteiger partial charge on any atom is -0.377 e. The molecule has 0 aromatic carbocycles. The van der Waals surface area contributed by atoms with Crippen molar-refractivity contribution in [1.29, 1.82) is 0 Å². The van der Waals surface area contributed by atoms with Gasteiger partial charge in [0.2, 0.25) is 5.91 Å². The molecule has 3 rings (SSSR count). The summed E-state index contributed by atoms with van der Waals surface area (Å²) in [6.07, 6.45) is 6.28. The van der Waals surface area contributed by atoms with E-state index in [4.69, 9.17) is 4.74 Å². The van der Waals surface area contributed by atoms with Crippen molar-refractivity contribution in [3.8, 4) is 0 Å². The van der Waals surface area contributed by atoms with E-state index in [0.29, 0.717) is 11.8 Å². The van der Waals surface area contributed by atoms with Gasteiger partial charge >= 0.3 is 0 Å². The van der Waals surface area contributed by atoms with E-state index >= 15 is 0 Å². The Morgan fingerprint density at radius 2 is 2.21 bits per heavy atom. The summed E-state index contributed by atoms with van der Waals surface area (Å²) in [6, 6.07) is 0.0906. The highest BCUT2D eigenvalue weighted by atomic mass is 16.5. The van der Waals surface area contributed by atoms with Crippen LogP contribution >= 0.6 is 0 Å². The summed E-state index contributed by atoms with van der Waals surface area (Å²) in [5, 5.41) is 3.47. The number of piperidine rings is 1. The highest BCUT2D eigenvalue weighted by Gasteiger charge is 2.44. The van der Waals surface area contributed by atoms with Crippen molar-refractivity contribution in [2.45, 2.75) is 51.2 Å². The Morgan fingerprint density at radius 1 is 1.32 bits per heavy atom. The second kappa shape index (κ2) is 5.80. The van der Waals surface area contributed by atoms with E-state index in [1.807, 2.05) is 11.8 Å². The number of nitrogens with zero attached hydrogens (tertiary/aromatic N) is 1. The zero-order valence-corrected chi connectivity index (χ0v) is 11.9. The maximum Gasteiger partial charge on any atom is 0.240 e. The molecule has 4 atom stereocenters. The third kappa shape index (κ3) is 2.65. The van der Waals surface area contributed by atoms with Gasteiger partial charge in [0, 0.05) is 19.7 Å². The second-order valence-corrected chi connectivity index (χ2v) is 6.24. The first kappa shape index (κ1) is 13.4. The number of nitrogens with one attached hydrogen (secondary N) is 1. The van der Waals surface area contributed by atoms with Crippen molar-refractivity contribution in [1.82, 2.24) is 10.2 Å². The van der Waals surface area contributed by atoms with Gasteiger partial charge < -0.3 is 15.0 Å². The van der Waals surface area contributed by atoms with Crippen LogP contribution in [-0.2, 0) is 9.53 Å². The van der Waals surface area contributed by atoms with E-state index in [-0.39, 0.29) is 12.1 Å². The monoisotopic (exact) mass is 266 g/mol. The lowest BCUT2D eigenvalue weighted by Crippen LogP contribution is -2.51. The fraction of sp³-hybridized carbons (Fsp3) is 0.933. The number of ether oxygens (including phenoxy) is 1. The molecule has 4 unspecified atom stereocenters. The molecule has 0 radical (unpaired) electrons. The minimum absolute atomic E-state index is 0.0906. The fourth-order valence-electron chi connectivity index (χ4n) is 4.16. The molecule has 4 heteroatoms. The Labute approximate surface area is 115 Å². The third-order valence-corrected chi connectivity index (χ3v) is 5.10. The lowest BCUT2D eigenvalue weighted by molar-refractivity contribution is -0.138. The summed E-state index contributed by atoms with van der Waals surface area (Å²) in [4.78, 5) is 14.7. The average Bonchev–Trinajstić information content (AvgIpc) is 3.01. The maximum absolute atomic E-state index is 12.7. The van der Waals surface area contributed by atoms with Crippen molar-refractivity contribution in [2.24, 2.45) is 11.8 Å². The molecule has 3 fully saturated rings. The summed E-state index contributed by atoms with van der Waals surface area (Å²) in [5.74, 6) is 1.68. The van der Waals surface area contributed by atoms with Crippen LogP contribution in [0.1, 0.15) is 39.0 Å². The smallest absolute Gasteiger partial charge is 0.240 e. The molecule has 2 heterocycles. The number of carbonyl (C=O) groups is 1. The molecule has 108 valence electrons. The number of hydrogen-bond acceptors (Lipinski definition) is 3. The topological polar surface area (TPSA) is 41.6 Å². The van der Waals surface area contributed by atoms with Crippen molar-refractivity contribution >= 4 is 5.91 Å². The predicted octanol–water partition coefficient (Wildman–Crippen LogP) is 1.40. The van der Waals surface area contributed by atoms with E-state index in [1.165, 1.54) is 19.3 Å². The van der Waals surface area contributed by atoms with Crippen LogP contribution in [0.5, 0.6) is 0 Å². The van der Waals surface area contributed by atoms with Crippen LogP contribution < -0.4 is 5.32 Å². The number of carbonyl (C=O) groups excluding carboxylic acids is 1. The Morgan fingerprint density at radius 3 is 3.05 bits per heavy atom. The zero-order valence-electron chi connectivity index (χ0n) is 11.9. The molecule has 4 nitrogen and oxygen atoms in total. The normalized spacial score (nSPS) is 38.5. The highest BCUT2D eigenvalue weighted by molar-refractivity contribution is 5.83. The SMILES string of the molecule is CCOC1CCCN(C(=O)C2NCC3CCCC32)C1. The zero-order chi connectivity index (χ0) is 13.2. The van der Waals surface area contributed by atoms with Gasteiger partial charge in [0.15, 0.2) is 0 Å². The lowest BCUT2D eigenvalue weighted by atomic mass is 9.93. The Hall–Kier alpha value is -0.610. The molecule has 2 aliphatic heterocycles. The van der Waals surface area contributed by atoms with E-state index in [1.54, 1.807) is 0 Å². The first-order valence-electron chi connectivity index (χ1n) is 7.93. The molecule has 3 aliphatic rings. The fourth-order valence-corrected chi connectivity index (χ4v) is 4.16. The molecule has 0 aromatic rings. The summed E-state index contributed by atoms with van der Waals surface area (Å²) in [6.45, 7) is 5.53. The van der Waals surface area contributed by atoms with Crippen LogP contribution in [0.25, 0.3) is 0 Å². The summed E-state index contributed by atoms with van der Waals surface area (Å²) >= 11 is 0. The van der Waals surface area contributed by atoms with Crippen LogP contribution in [0.4, 0.5) is 0 Å². The van der Waals surface area contributed by atoms with Crippen LogP contribution in [-0.4, -0.2) is 49.2 Å². The Balaban J connectivity index is 1.60. The van der Waals surface area contributed by atoms with Crippen LogP contribution in [0.15, 0.2) is 0 Å². The van der Waals surface area contributed by atoms with Crippen molar-refractivity contribution in [3.63, 3.8) is 0 Å². The molecular weight excluding hydrogens is 240 g/mol. The molecule has 19 heavy (non-hydrogen) atoms. The van der Waals surface area contributed by atoms with Crippen LogP contribution in [0, 0.1) is 11.8 Å². The predicted molar refractivity (Wildman–Crippen MR) is 73.8 cm³/mol. The first-order chi connectivity index (χ1) is 9.29. The quantitative estimate of drug-likeness (QED) is 0.839. The van der Waals surface area contributed by atoms with Crippen molar-refractivity contribution < 1.29 is 9.53 Å². The molecule has 0 spiro atoms. The van der Waals surface area contributed by atoms with Gasteiger partial charge in [0.1, 0.15) is 0 Å². The molecule has 1 N–H and O–H groups in total. The number of amides is 1. The Kier molecular flexibility index (Phi) is 4.08. The highest BCUT2D eigenvalue weighted by Crippen LogP contribution is 2.38.